The van der Waals surface area contributed by atoms with E-state index in [4.69, 9.17) is 5.11 Å². The third-order valence-corrected chi connectivity index (χ3v) is 4.55. The molecule has 1 aromatic heterocycles. The third-order valence-electron chi connectivity index (χ3n) is 3.55. The van der Waals surface area contributed by atoms with Gasteiger partial charge in [0.25, 0.3) is 0 Å². The van der Waals surface area contributed by atoms with Gasteiger partial charge in [0.2, 0.25) is 0 Å². The molecule has 0 aromatic carbocycles. The summed E-state index contributed by atoms with van der Waals surface area (Å²) in [5, 5.41) is 14.0. The minimum Gasteiger partial charge on any atom is -0.480 e. The lowest BCUT2D eigenvalue weighted by Gasteiger charge is -2.28. The number of aryl methyl sites for hydroxylation is 1. The van der Waals surface area contributed by atoms with E-state index < -0.39 is 5.97 Å². The second kappa shape index (κ2) is 6.93. The molecule has 0 saturated heterocycles. The number of aliphatic carboxylic acids is 1. The molecule has 5 nitrogen and oxygen atoms in total. The smallest absolute Gasteiger partial charge is 0.323 e. The van der Waals surface area contributed by atoms with Crippen LogP contribution in [0.25, 0.3) is 0 Å². The molecular weight excluding hydrogens is 288 g/mol. The van der Waals surface area contributed by atoms with Crippen molar-refractivity contribution in [3.8, 4) is 0 Å². The van der Waals surface area contributed by atoms with Crippen LogP contribution in [-0.4, -0.2) is 35.1 Å². The van der Waals surface area contributed by atoms with Crippen molar-refractivity contribution in [1.29, 1.82) is 0 Å². The molecule has 1 aliphatic rings. The van der Waals surface area contributed by atoms with Crippen LogP contribution in [0.2, 0.25) is 0 Å². The van der Waals surface area contributed by atoms with Crippen LogP contribution < -0.4 is 5.32 Å². The van der Waals surface area contributed by atoms with Gasteiger partial charge in [0.05, 0.1) is 6.04 Å². The number of hydrogen-bond donors (Lipinski definition) is 2. The van der Waals surface area contributed by atoms with Crippen molar-refractivity contribution >= 4 is 23.3 Å². The molecule has 2 amide bonds. The van der Waals surface area contributed by atoms with Gasteiger partial charge in [0.15, 0.2) is 0 Å². The maximum absolute atomic E-state index is 12.4. The Morgan fingerprint density at radius 2 is 2.29 bits per heavy atom. The van der Waals surface area contributed by atoms with Crippen LogP contribution >= 0.6 is 11.3 Å². The number of rotatable bonds is 5. The van der Waals surface area contributed by atoms with E-state index >= 15 is 0 Å². The van der Waals surface area contributed by atoms with E-state index in [2.05, 4.69) is 16.8 Å². The molecule has 0 fully saturated rings. The van der Waals surface area contributed by atoms with Gasteiger partial charge in [-0.2, -0.15) is 0 Å². The molecule has 1 heterocycles. The fourth-order valence-corrected chi connectivity index (χ4v) is 3.69. The van der Waals surface area contributed by atoms with Crippen LogP contribution in [-0.2, 0) is 11.2 Å². The van der Waals surface area contributed by atoms with E-state index in [1.165, 1.54) is 15.3 Å². The number of carboxylic acids is 1. The first-order valence-electron chi connectivity index (χ1n) is 7.31. The second-order valence-electron chi connectivity index (χ2n) is 5.86. The topological polar surface area (TPSA) is 69.6 Å². The molecule has 6 heteroatoms. The fourth-order valence-electron chi connectivity index (χ4n) is 2.70. The summed E-state index contributed by atoms with van der Waals surface area (Å²) in [4.78, 5) is 26.0. The minimum absolute atomic E-state index is 0.0101. The third kappa shape index (κ3) is 4.20. The minimum atomic E-state index is -0.981. The zero-order chi connectivity index (χ0) is 15.4. The summed E-state index contributed by atoms with van der Waals surface area (Å²) < 4.78 is 0. The fraction of sp³-hybridized carbons (Fsp3) is 0.600. The molecule has 1 unspecified atom stereocenters. The summed E-state index contributed by atoms with van der Waals surface area (Å²) in [6.45, 7) is 4.13. The molecule has 1 aromatic rings. The molecular formula is C15H22N2O3S. The molecule has 116 valence electrons. The molecule has 1 atom stereocenters. The molecule has 1 aliphatic carbocycles. The summed E-state index contributed by atoms with van der Waals surface area (Å²) in [5.74, 6) is -0.746. The van der Waals surface area contributed by atoms with Gasteiger partial charge in [-0.1, -0.05) is 13.8 Å². The SMILES string of the molecule is CC(C)CN(CC(=O)O)C(=O)NC1CCCc2sccc21. The Bertz CT molecular complexity index is 513. The van der Waals surface area contributed by atoms with Crippen molar-refractivity contribution in [1.82, 2.24) is 10.2 Å². The van der Waals surface area contributed by atoms with Gasteiger partial charge in [-0.15, -0.1) is 11.3 Å². The average molecular weight is 310 g/mol. The number of nitrogens with one attached hydrogen (secondary N) is 1. The highest BCUT2D eigenvalue weighted by atomic mass is 32.1. The Morgan fingerprint density at radius 1 is 1.52 bits per heavy atom. The first-order chi connectivity index (χ1) is 9.97. The maximum atomic E-state index is 12.4. The lowest BCUT2D eigenvalue weighted by atomic mass is 9.94. The number of amides is 2. The number of carbonyl (C=O) groups is 2. The summed E-state index contributed by atoms with van der Waals surface area (Å²) in [6.07, 6.45) is 3.05. The van der Waals surface area contributed by atoms with Crippen molar-refractivity contribution in [2.75, 3.05) is 13.1 Å². The van der Waals surface area contributed by atoms with Gasteiger partial charge < -0.3 is 15.3 Å². The Hall–Kier alpha value is -1.56. The van der Waals surface area contributed by atoms with E-state index in [-0.39, 0.29) is 24.5 Å². The van der Waals surface area contributed by atoms with E-state index in [0.29, 0.717) is 6.54 Å². The Kier molecular flexibility index (Phi) is 5.22. The van der Waals surface area contributed by atoms with Gasteiger partial charge in [-0.25, -0.2) is 4.79 Å². The van der Waals surface area contributed by atoms with Gasteiger partial charge >= 0.3 is 12.0 Å². The van der Waals surface area contributed by atoms with E-state index in [0.717, 1.165) is 19.3 Å². The molecule has 0 aliphatic heterocycles. The highest BCUT2D eigenvalue weighted by Crippen LogP contribution is 2.33. The summed E-state index contributed by atoms with van der Waals surface area (Å²) in [7, 11) is 0. The van der Waals surface area contributed by atoms with Crippen molar-refractivity contribution in [2.45, 2.75) is 39.2 Å². The van der Waals surface area contributed by atoms with Crippen LogP contribution in [0.15, 0.2) is 11.4 Å². The number of urea groups is 1. The normalized spacial score (nSPS) is 17.4. The molecule has 2 rings (SSSR count). The molecule has 21 heavy (non-hydrogen) atoms. The van der Waals surface area contributed by atoms with Gasteiger partial charge in [0.1, 0.15) is 6.54 Å². The molecule has 0 bridgehead atoms. The molecule has 0 saturated carbocycles. The Labute approximate surface area is 129 Å². The predicted octanol–water partition coefficient (Wildman–Crippen LogP) is 2.88. The largest absolute Gasteiger partial charge is 0.480 e. The number of fused-ring (bicyclic) bond motifs is 1. The molecule has 0 radical (unpaired) electrons. The van der Waals surface area contributed by atoms with Crippen LogP contribution in [0.3, 0.4) is 0 Å². The molecule has 0 spiro atoms. The zero-order valence-corrected chi connectivity index (χ0v) is 13.3. The lowest BCUT2D eigenvalue weighted by Crippen LogP contribution is -2.46. The number of carbonyl (C=O) groups excluding carboxylic acids is 1. The van der Waals surface area contributed by atoms with Crippen LogP contribution in [0, 0.1) is 5.92 Å². The summed E-state index contributed by atoms with van der Waals surface area (Å²) in [6, 6.07) is 1.79. The lowest BCUT2D eigenvalue weighted by molar-refractivity contribution is -0.137. The van der Waals surface area contributed by atoms with Crippen LogP contribution in [0.5, 0.6) is 0 Å². The first kappa shape index (κ1) is 15.8. The predicted molar refractivity (Wildman–Crippen MR) is 82.6 cm³/mol. The zero-order valence-electron chi connectivity index (χ0n) is 12.5. The van der Waals surface area contributed by atoms with E-state index in [9.17, 15) is 9.59 Å². The van der Waals surface area contributed by atoms with Crippen molar-refractivity contribution < 1.29 is 14.7 Å². The Morgan fingerprint density at radius 3 is 2.95 bits per heavy atom. The van der Waals surface area contributed by atoms with Crippen molar-refractivity contribution in [3.05, 3.63) is 21.9 Å². The quantitative estimate of drug-likeness (QED) is 0.878. The Balaban J connectivity index is 2.04. The number of hydrogen-bond acceptors (Lipinski definition) is 3. The summed E-state index contributed by atoms with van der Waals surface area (Å²) >= 11 is 1.73. The van der Waals surface area contributed by atoms with Crippen molar-refractivity contribution in [3.63, 3.8) is 0 Å². The van der Waals surface area contributed by atoms with Gasteiger partial charge in [-0.3, -0.25) is 4.79 Å². The highest BCUT2D eigenvalue weighted by molar-refractivity contribution is 7.10. The van der Waals surface area contributed by atoms with Crippen molar-refractivity contribution in [2.24, 2.45) is 5.92 Å². The number of carboxylic acid groups (broad SMARTS) is 1. The maximum Gasteiger partial charge on any atom is 0.323 e. The number of thiophene rings is 1. The van der Waals surface area contributed by atoms with E-state index in [1.54, 1.807) is 11.3 Å². The molecule has 2 N–H and O–H groups in total. The van der Waals surface area contributed by atoms with Crippen LogP contribution in [0.1, 0.15) is 43.2 Å². The van der Waals surface area contributed by atoms with Gasteiger partial charge in [-0.05, 0) is 42.2 Å². The highest BCUT2D eigenvalue weighted by Gasteiger charge is 2.25. The van der Waals surface area contributed by atoms with Gasteiger partial charge in [0, 0.05) is 11.4 Å². The average Bonchev–Trinajstić information content (AvgIpc) is 2.86. The monoisotopic (exact) mass is 310 g/mol. The first-order valence-corrected chi connectivity index (χ1v) is 8.19. The number of nitrogens with zero attached hydrogens (tertiary/aromatic N) is 1. The standard InChI is InChI=1S/C15H22N2O3S/c1-10(2)8-17(9-14(18)19)15(20)16-12-4-3-5-13-11(12)6-7-21-13/h6-7,10,12H,3-5,8-9H2,1-2H3,(H,16,20)(H,18,19). The van der Waals surface area contributed by atoms with Crippen LogP contribution in [0.4, 0.5) is 4.79 Å². The van der Waals surface area contributed by atoms with E-state index in [1.807, 2.05) is 13.8 Å². The summed E-state index contributed by atoms with van der Waals surface area (Å²) in [5.41, 5.74) is 1.19. The second-order valence-corrected chi connectivity index (χ2v) is 6.86.